The van der Waals surface area contributed by atoms with Crippen molar-refractivity contribution in [2.24, 2.45) is 0 Å². The lowest BCUT2D eigenvalue weighted by atomic mass is 9.98. The molecule has 3 aromatic rings. The first-order chi connectivity index (χ1) is 14.3. The molecule has 1 aliphatic rings. The summed E-state index contributed by atoms with van der Waals surface area (Å²) in [6.07, 6.45) is 18.1. The number of benzene rings is 1. The molecule has 1 aromatic carbocycles. The van der Waals surface area contributed by atoms with Crippen molar-refractivity contribution in [2.75, 3.05) is 5.32 Å². The maximum Gasteiger partial charge on any atom is 0.168 e. The van der Waals surface area contributed by atoms with E-state index in [1.807, 2.05) is 35.1 Å². The van der Waals surface area contributed by atoms with Crippen molar-refractivity contribution in [2.45, 2.75) is 76.7 Å². The topological polar surface area (TPSA) is 55.6 Å². The highest BCUT2D eigenvalue weighted by Gasteiger charge is 2.15. The molecule has 0 spiro atoms. The molecule has 0 unspecified atom stereocenters. The fourth-order valence-electron chi connectivity index (χ4n) is 4.23. The zero-order valence-corrected chi connectivity index (χ0v) is 17.7. The van der Waals surface area contributed by atoms with Gasteiger partial charge in [-0.1, -0.05) is 69.4 Å². The monoisotopic (exact) mass is 411 g/mol. The van der Waals surface area contributed by atoms with Crippen LogP contribution in [-0.2, 0) is 0 Å². The van der Waals surface area contributed by atoms with E-state index in [4.69, 9.17) is 11.6 Å². The second-order valence-electron chi connectivity index (χ2n) is 8.09. The van der Waals surface area contributed by atoms with E-state index in [9.17, 15) is 0 Å². The van der Waals surface area contributed by atoms with E-state index in [1.165, 1.54) is 70.6 Å². The van der Waals surface area contributed by atoms with Gasteiger partial charge in [-0.15, -0.1) is 0 Å². The van der Waals surface area contributed by atoms with Gasteiger partial charge in [-0.3, -0.25) is 0 Å². The first-order valence-electron chi connectivity index (χ1n) is 11.0. The van der Waals surface area contributed by atoms with Crippen molar-refractivity contribution >= 4 is 28.5 Å². The highest BCUT2D eigenvalue weighted by molar-refractivity contribution is 6.30. The Morgan fingerprint density at radius 2 is 1.45 bits per heavy atom. The lowest BCUT2D eigenvalue weighted by Crippen LogP contribution is -2.20. The summed E-state index contributed by atoms with van der Waals surface area (Å²) in [5.74, 6) is 0.896. The molecule has 1 saturated carbocycles. The summed E-state index contributed by atoms with van der Waals surface area (Å²) in [5.41, 5.74) is 1.76. The molecule has 1 aliphatic carbocycles. The average molecular weight is 412 g/mol. The second kappa shape index (κ2) is 10.1. The van der Waals surface area contributed by atoms with Gasteiger partial charge in [-0.2, -0.15) is 5.10 Å². The number of fused-ring (bicyclic) bond motifs is 1. The van der Waals surface area contributed by atoms with Crippen molar-refractivity contribution in [3.05, 3.63) is 41.8 Å². The van der Waals surface area contributed by atoms with Gasteiger partial charge in [-0.25, -0.2) is 14.6 Å². The molecule has 0 radical (unpaired) electrons. The van der Waals surface area contributed by atoms with Gasteiger partial charge in [0.05, 0.1) is 17.3 Å². The third-order valence-corrected chi connectivity index (χ3v) is 6.13. The molecule has 5 nitrogen and oxygen atoms in total. The maximum atomic E-state index is 6.03. The summed E-state index contributed by atoms with van der Waals surface area (Å²) >= 11 is 6.03. The Bertz CT molecular complexity index is 893. The lowest BCUT2D eigenvalue weighted by Gasteiger charge is -2.20. The molecule has 0 amide bonds. The van der Waals surface area contributed by atoms with Crippen molar-refractivity contribution in [1.82, 2.24) is 19.7 Å². The molecule has 4 rings (SSSR count). The summed E-state index contributed by atoms with van der Waals surface area (Å²) in [4.78, 5) is 9.05. The predicted molar refractivity (Wildman–Crippen MR) is 120 cm³/mol. The van der Waals surface area contributed by atoms with Crippen LogP contribution in [0.4, 0.5) is 5.82 Å². The third kappa shape index (κ3) is 5.27. The standard InChI is InChI=1S/C23H30ClN5/c24-18-12-14-20(15-13-18)29-23-21(16-27-29)22(25-17-26-23)28-19-10-8-6-4-2-1-3-5-7-9-11-19/h12-17,19H,1-11H2,(H,25,26,28). The van der Waals surface area contributed by atoms with Crippen molar-refractivity contribution in [1.29, 1.82) is 0 Å². The van der Waals surface area contributed by atoms with Crippen molar-refractivity contribution < 1.29 is 0 Å². The molecule has 0 bridgehead atoms. The predicted octanol–water partition coefficient (Wildman–Crippen LogP) is 6.55. The Kier molecular flexibility index (Phi) is 6.99. The van der Waals surface area contributed by atoms with Crippen LogP contribution < -0.4 is 5.32 Å². The Labute approximate surface area is 177 Å². The summed E-state index contributed by atoms with van der Waals surface area (Å²) in [7, 11) is 0. The number of aromatic nitrogens is 4. The molecule has 6 heteroatoms. The molecular formula is C23H30ClN5. The number of hydrogen-bond donors (Lipinski definition) is 1. The molecule has 29 heavy (non-hydrogen) atoms. The largest absolute Gasteiger partial charge is 0.367 e. The quantitative estimate of drug-likeness (QED) is 0.530. The van der Waals surface area contributed by atoms with Crippen LogP contribution in [0, 0.1) is 0 Å². The summed E-state index contributed by atoms with van der Waals surface area (Å²) in [5, 5.41) is 9.97. The number of hydrogen-bond acceptors (Lipinski definition) is 4. The molecule has 2 aromatic heterocycles. The van der Waals surface area contributed by atoms with Crippen molar-refractivity contribution in [3.8, 4) is 5.69 Å². The first-order valence-corrected chi connectivity index (χ1v) is 11.4. The Hall–Kier alpha value is -2.14. The van der Waals surface area contributed by atoms with Gasteiger partial charge in [0.15, 0.2) is 5.65 Å². The van der Waals surface area contributed by atoms with E-state index in [0.29, 0.717) is 11.1 Å². The molecule has 0 aliphatic heterocycles. The molecule has 1 fully saturated rings. The molecule has 1 N–H and O–H groups in total. The van der Waals surface area contributed by atoms with Gasteiger partial charge in [0, 0.05) is 11.1 Å². The third-order valence-electron chi connectivity index (χ3n) is 5.88. The zero-order valence-electron chi connectivity index (χ0n) is 17.0. The lowest BCUT2D eigenvalue weighted by molar-refractivity contribution is 0.480. The van der Waals surface area contributed by atoms with Crippen LogP contribution in [0.3, 0.4) is 0 Å². The van der Waals surface area contributed by atoms with E-state index in [2.05, 4.69) is 20.4 Å². The van der Waals surface area contributed by atoms with E-state index in [1.54, 1.807) is 6.33 Å². The number of anilines is 1. The number of halogens is 1. The molecule has 2 heterocycles. The Morgan fingerprint density at radius 1 is 0.828 bits per heavy atom. The first kappa shape index (κ1) is 20.1. The van der Waals surface area contributed by atoms with E-state index in [0.717, 1.165) is 22.5 Å². The zero-order chi connectivity index (χ0) is 19.9. The Balaban J connectivity index is 1.52. The van der Waals surface area contributed by atoms with Crippen LogP contribution in [0.15, 0.2) is 36.8 Å². The fraction of sp³-hybridized carbons (Fsp3) is 0.522. The smallest absolute Gasteiger partial charge is 0.168 e. The van der Waals surface area contributed by atoms with Crippen LogP contribution in [0.25, 0.3) is 16.7 Å². The molecule has 0 saturated heterocycles. The molecule has 154 valence electrons. The van der Waals surface area contributed by atoms with Crippen LogP contribution >= 0.6 is 11.6 Å². The molecular weight excluding hydrogens is 382 g/mol. The minimum Gasteiger partial charge on any atom is -0.367 e. The highest BCUT2D eigenvalue weighted by atomic mass is 35.5. The Morgan fingerprint density at radius 3 is 2.10 bits per heavy atom. The average Bonchev–Trinajstić information content (AvgIpc) is 3.16. The van der Waals surface area contributed by atoms with Gasteiger partial charge >= 0.3 is 0 Å². The molecule has 0 atom stereocenters. The number of nitrogens with zero attached hydrogens (tertiary/aromatic N) is 4. The van der Waals surface area contributed by atoms with Crippen LogP contribution in [0.5, 0.6) is 0 Å². The van der Waals surface area contributed by atoms with E-state index in [-0.39, 0.29) is 0 Å². The van der Waals surface area contributed by atoms with E-state index >= 15 is 0 Å². The summed E-state index contributed by atoms with van der Waals surface area (Å²) < 4.78 is 1.85. The van der Waals surface area contributed by atoms with Gasteiger partial charge in [0.25, 0.3) is 0 Å². The minimum absolute atomic E-state index is 0.464. The van der Waals surface area contributed by atoms with Crippen molar-refractivity contribution in [3.63, 3.8) is 0 Å². The van der Waals surface area contributed by atoms with Gasteiger partial charge < -0.3 is 5.32 Å². The van der Waals surface area contributed by atoms with Crippen LogP contribution in [0.2, 0.25) is 5.02 Å². The summed E-state index contributed by atoms with van der Waals surface area (Å²) in [6.45, 7) is 0. The minimum atomic E-state index is 0.464. The van der Waals surface area contributed by atoms with Crippen LogP contribution in [0.1, 0.15) is 70.6 Å². The fourth-order valence-corrected chi connectivity index (χ4v) is 4.36. The highest BCUT2D eigenvalue weighted by Crippen LogP contribution is 2.25. The maximum absolute atomic E-state index is 6.03. The normalized spacial score (nSPS) is 17.6. The van der Waals surface area contributed by atoms with E-state index < -0.39 is 0 Å². The number of nitrogens with one attached hydrogen (secondary N) is 1. The summed E-state index contributed by atoms with van der Waals surface area (Å²) in [6, 6.07) is 8.12. The van der Waals surface area contributed by atoms with Gasteiger partial charge in [0.2, 0.25) is 0 Å². The number of rotatable bonds is 3. The van der Waals surface area contributed by atoms with Gasteiger partial charge in [-0.05, 0) is 37.1 Å². The second-order valence-corrected chi connectivity index (χ2v) is 8.53. The van der Waals surface area contributed by atoms with Crippen LogP contribution in [-0.4, -0.2) is 25.8 Å². The van der Waals surface area contributed by atoms with Gasteiger partial charge in [0.1, 0.15) is 12.1 Å². The SMILES string of the molecule is Clc1ccc(-n2ncc3c(NC4CCCCCCCCCCC4)ncnc32)cc1.